The number of ether oxygens (including phenoxy) is 6. The number of fused-ring (bicyclic) bond motifs is 6. The van der Waals surface area contributed by atoms with E-state index in [1.54, 1.807) is 63.2 Å². The summed E-state index contributed by atoms with van der Waals surface area (Å²) in [6.07, 6.45) is -3.29. The lowest BCUT2D eigenvalue weighted by molar-refractivity contribution is -0.272. The Bertz CT molecular complexity index is 2630. The lowest BCUT2D eigenvalue weighted by Gasteiger charge is -2.40. The van der Waals surface area contributed by atoms with Crippen LogP contribution in [-0.2, 0) is 53.9 Å². The van der Waals surface area contributed by atoms with Gasteiger partial charge in [0.2, 0.25) is 18.1 Å². The van der Waals surface area contributed by atoms with E-state index in [1.165, 1.54) is 11.7 Å². The third-order valence-electron chi connectivity index (χ3n) is 12.6. The zero-order valence-corrected chi connectivity index (χ0v) is 38.3. The van der Waals surface area contributed by atoms with Gasteiger partial charge in [-0.25, -0.2) is 9.78 Å². The van der Waals surface area contributed by atoms with Gasteiger partial charge in [-0.15, -0.1) is 0 Å². The third-order valence-corrected chi connectivity index (χ3v) is 12.9. The molecular formula is C46H55N7O13S. The van der Waals surface area contributed by atoms with E-state index in [0.29, 0.717) is 95.4 Å². The van der Waals surface area contributed by atoms with Gasteiger partial charge >= 0.3 is 5.97 Å². The molecule has 0 radical (unpaired) electrons. The molecule has 0 saturated carbocycles. The molecule has 4 aliphatic heterocycles. The molecule has 8 rings (SSSR count). The topological polar surface area (TPSA) is 276 Å². The van der Waals surface area contributed by atoms with E-state index in [2.05, 4.69) is 21.3 Å². The van der Waals surface area contributed by atoms with Crippen LogP contribution < -0.4 is 46.8 Å². The van der Waals surface area contributed by atoms with Gasteiger partial charge in [0, 0.05) is 41.9 Å². The zero-order valence-electron chi connectivity index (χ0n) is 37.5. The van der Waals surface area contributed by atoms with Gasteiger partial charge in [0.05, 0.1) is 35.1 Å². The number of carbonyl (C=O) groups excluding carboxylic acids is 3. The Morgan fingerprint density at radius 2 is 1.75 bits per heavy atom. The van der Waals surface area contributed by atoms with Crippen molar-refractivity contribution < 1.29 is 58.1 Å². The molecule has 2 aromatic heterocycles. The average Bonchev–Trinajstić information content (AvgIpc) is 3.69. The largest absolute Gasteiger partial charge is 0.486 e. The number of benzene rings is 2. The highest BCUT2D eigenvalue weighted by Crippen LogP contribution is 2.43. The Balaban J connectivity index is 0.959. The first-order chi connectivity index (χ1) is 32.1. The van der Waals surface area contributed by atoms with Gasteiger partial charge in [0.15, 0.2) is 22.2 Å². The van der Waals surface area contributed by atoms with Crippen molar-refractivity contribution in [2.75, 3.05) is 32.2 Å². The van der Waals surface area contributed by atoms with Crippen molar-refractivity contribution in [1.82, 2.24) is 25.5 Å². The Labute approximate surface area is 390 Å². The highest BCUT2D eigenvalue weighted by molar-refractivity contribution is 7.80. The number of amides is 2. The maximum absolute atomic E-state index is 14.0. The van der Waals surface area contributed by atoms with Crippen LogP contribution in [-0.4, -0.2) is 117 Å². The molecule has 2 aromatic carbocycles. The fourth-order valence-electron chi connectivity index (χ4n) is 8.82. The molecule has 8 atom stereocenters. The first kappa shape index (κ1) is 47.5. The molecule has 1 fully saturated rings. The van der Waals surface area contributed by atoms with Crippen LogP contribution >= 0.6 is 12.2 Å². The quantitative estimate of drug-likeness (QED) is 0.0418. The Morgan fingerprint density at radius 3 is 2.45 bits per heavy atom. The zero-order chi connectivity index (χ0) is 47.7. The summed E-state index contributed by atoms with van der Waals surface area (Å²) in [6.45, 7) is 5.74. The minimum absolute atomic E-state index is 0.0106. The van der Waals surface area contributed by atoms with Gasteiger partial charge in [-0.05, 0) is 100 Å². The molecule has 0 bridgehead atoms. The summed E-state index contributed by atoms with van der Waals surface area (Å²) < 4.78 is 35.3. The number of hydrogen-bond donors (Lipinski definition) is 8. The summed E-state index contributed by atoms with van der Waals surface area (Å²) in [4.78, 5) is 59.4. The second kappa shape index (κ2) is 19.7. The number of aliphatic hydroxyl groups is 3. The second-order valence-electron chi connectivity index (χ2n) is 17.0. The van der Waals surface area contributed by atoms with E-state index in [0.717, 1.165) is 0 Å². The maximum Gasteiger partial charge on any atom is 0.343 e. The Morgan fingerprint density at radius 1 is 1.01 bits per heavy atom. The number of rotatable bonds is 15. The van der Waals surface area contributed by atoms with Crippen LogP contribution in [0.1, 0.15) is 68.7 Å². The predicted molar refractivity (Wildman–Crippen MR) is 245 cm³/mol. The van der Waals surface area contributed by atoms with Crippen LogP contribution in [0.3, 0.4) is 0 Å². The van der Waals surface area contributed by atoms with E-state index in [4.69, 9.17) is 51.4 Å². The lowest BCUT2D eigenvalue weighted by Crippen LogP contribution is -2.59. The molecular weight excluding hydrogens is 891 g/mol. The van der Waals surface area contributed by atoms with E-state index in [9.17, 15) is 34.5 Å². The SMILES string of the molecule is CC[C@@]1(O)C(=O)OCc2c1cc1n(c2=O)Cc2c-1nc1cc3c(cc1c2CNC(=O)[C@H](C)NC(=O)C(CCCCN)NC(=S)Nc1ccc(OC2O[C@@H](C)[C@@H](O)[C@@H](OC)[C@@H]2O)cc1)OCCO3. The van der Waals surface area contributed by atoms with Gasteiger partial charge < -0.3 is 75.3 Å². The number of unbranched alkanes of at least 4 members (excludes halogenated alkanes) is 1. The van der Waals surface area contributed by atoms with Crippen LogP contribution in [0, 0.1) is 0 Å². The fraction of sp³-hybridized carbons (Fsp3) is 0.478. The monoisotopic (exact) mass is 945 g/mol. The number of esters is 1. The second-order valence-corrected chi connectivity index (χ2v) is 17.4. The van der Waals surface area contributed by atoms with Gasteiger partial charge in [-0.2, -0.15) is 0 Å². The number of aliphatic hydroxyl groups excluding tert-OH is 2. The minimum Gasteiger partial charge on any atom is -0.486 e. The molecule has 358 valence electrons. The smallest absolute Gasteiger partial charge is 0.343 e. The number of aromatic nitrogens is 2. The van der Waals surface area contributed by atoms with E-state index < -0.39 is 71.7 Å². The number of pyridine rings is 2. The molecule has 6 heterocycles. The van der Waals surface area contributed by atoms with Crippen LogP contribution in [0.5, 0.6) is 17.2 Å². The van der Waals surface area contributed by atoms with Crippen molar-refractivity contribution in [3.05, 3.63) is 75.1 Å². The molecule has 0 aliphatic carbocycles. The maximum atomic E-state index is 14.0. The first-order valence-electron chi connectivity index (χ1n) is 22.2. The molecule has 67 heavy (non-hydrogen) atoms. The Kier molecular flexibility index (Phi) is 14.0. The molecule has 20 nitrogen and oxygen atoms in total. The van der Waals surface area contributed by atoms with Crippen molar-refractivity contribution >= 4 is 51.7 Å². The summed E-state index contributed by atoms with van der Waals surface area (Å²) >= 11 is 5.60. The number of nitrogens with one attached hydrogen (secondary N) is 4. The van der Waals surface area contributed by atoms with Crippen molar-refractivity contribution in [3.8, 4) is 28.6 Å². The molecule has 1 saturated heterocycles. The lowest BCUT2D eigenvalue weighted by atomic mass is 9.86. The number of nitrogens with zero attached hydrogens (tertiary/aromatic N) is 2. The number of thiocarbonyl (C=S) groups is 1. The molecule has 4 aliphatic rings. The van der Waals surface area contributed by atoms with Crippen molar-refractivity contribution in [1.29, 1.82) is 0 Å². The molecule has 2 unspecified atom stereocenters. The highest BCUT2D eigenvalue weighted by atomic mass is 32.1. The number of anilines is 1. The van der Waals surface area contributed by atoms with Crippen molar-refractivity contribution in [2.45, 2.75) is 115 Å². The summed E-state index contributed by atoms with van der Waals surface area (Å²) in [5, 5.41) is 45.0. The number of methoxy groups -OCH3 is 1. The fourth-order valence-corrected chi connectivity index (χ4v) is 9.08. The average molecular weight is 946 g/mol. The number of nitrogens with two attached hydrogens (primary N) is 1. The summed E-state index contributed by atoms with van der Waals surface area (Å²) in [7, 11) is 1.39. The minimum atomic E-state index is -2.01. The summed E-state index contributed by atoms with van der Waals surface area (Å²) in [5.74, 6) is -0.436. The van der Waals surface area contributed by atoms with Crippen LogP contribution in [0.4, 0.5) is 5.69 Å². The normalized spacial score (nSPS) is 23.5. The van der Waals surface area contributed by atoms with Crippen LogP contribution in [0.25, 0.3) is 22.3 Å². The number of carbonyl (C=O) groups is 3. The molecule has 0 spiro atoms. The van der Waals surface area contributed by atoms with Gasteiger partial charge in [0.1, 0.15) is 56.0 Å². The van der Waals surface area contributed by atoms with E-state index >= 15 is 0 Å². The molecule has 9 N–H and O–H groups in total. The van der Waals surface area contributed by atoms with Gasteiger partial charge in [0.25, 0.3) is 5.56 Å². The van der Waals surface area contributed by atoms with E-state index in [1.807, 2.05) is 0 Å². The Hall–Kier alpha value is -5.94. The molecule has 21 heteroatoms. The predicted octanol–water partition coefficient (Wildman–Crippen LogP) is 1.32. The van der Waals surface area contributed by atoms with Crippen molar-refractivity contribution in [3.63, 3.8) is 0 Å². The number of hydrogen-bond acceptors (Lipinski definition) is 16. The summed E-state index contributed by atoms with van der Waals surface area (Å²) in [6, 6.07) is 9.97. The highest BCUT2D eigenvalue weighted by Gasteiger charge is 2.46. The molecule has 2 amide bonds. The van der Waals surface area contributed by atoms with Crippen molar-refractivity contribution in [2.24, 2.45) is 5.73 Å². The third kappa shape index (κ3) is 9.36. The van der Waals surface area contributed by atoms with E-state index in [-0.39, 0.29) is 42.4 Å². The van der Waals surface area contributed by atoms with Crippen LogP contribution in [0.2, 0.25) is 0 Å². The standard InChI is InChI=1S/C46H55N7O13S/c1-5-46(60)30-17-33-36-28(20-53(33)42(58)29(30)21-64-44(46)59)27(26-16-34-35(18-32(26)51-36)63-15-14-62-34)19-48-40(56)22(2)49-41(57)31(8-6-7-13-47)52-45(67)50-24-9-11-25(12-10-24)66-43-38(55)39(61-4)37(54)23(3)65-43/h9-12,16-18,22-23,31,37-39,43,54-55,60H,5-8,13-15,19-21,47H2,1-4H3,(H,48,56)(H,49,57)(H2,50,52,67)/t22-,23-,31?,37+,38-,39+,43?,46-/m0/s1. The number of cyclic esters (lactones) is 1. The van der Waals surface area contributed by atoms with Gasteiger partial charge in [-0.1, -0.05) is 6.92 Å². The van der Waals surface area contributed by atoms with Gasteiger partial charge in [-0.3, -0.25) is 14.4 Å². The summed E-state index contributed by atoms with van der Waals surface area (Å²) in [5.41, 5.74) is 6.90. The first-order valence-corrected chi connectivity index (χ1v) is 22.7. The van der Waals surface area contributed by atoms with Crippen LogP contribution in [0.15, 0.2) is 47.3 Å². The molecule has 4 aromatic rings.